The molecule has 1 fully saturated rings. The van der Waals surface area contributed by atoms with Crippen molar-refractivity contribution in [1.29, 1.82) is 0 Å². The number of amides is 1. The van der Waals surface area contributed by atoms with Crippen LogP contribution in [0.1, 0.15) is 46.1 Å². The maximum atomic E-state index is 12.6. The fourth-order valence-corrected chi connectivity index (χ4v) is 2.99. The van der Waals surface area contributed by atoms with E-state index < -0.39 is 6.23 Å². The number of rotatable bonds is 3. The van der Waals surface area contributed by atoms with Crippen molar-refractivity contribution in [3.63, 3.8) is 0 Å². The molecule has 1 atom stereocenters. The van der Waals surface area contributed by atoms with Crippen LogP contribution >= 0.6 is 0 Å². The van der Waals surface area contributed by atoms with Gasteiger partial charge in [0.15, 0.2) is 0 Å². The lowest BCUT2D eigenvalue weighted by Crippen LogP contribution is -2.64. The summed E-state index contributed by atoms with van der Waals surface area (Å²) in [5.74, 6) is 0.468. The fraction of sp³-hybridized carbons (Fsp3) is 0.588. The number of benzene rings is 1. The van der Waals surface area contributed by atoms with Gasteiger partial charge in [0.05, 0.1) is 12.1 Å². The van der Waals surface area contributed by atoms with E-state index in [1.165, 1.54) is 5.56 Å². The van der Waals surface area contributed by atoms with Gasteiger partial charge in [0.2, 0.25) is 5.91 Å². The summed E-state index contributed by atoms with van der Waals surface area (Å²) in [5, 5.41) is 9.76. The quantitative estimate of drug-likeness (QED) is 0.930. The molecule has 2 rings (SSSR count). The summed E-state index contributed by atoms with van der Waals surface area (Å²) in [6.07, 6.45) is -0.600. The number of anilines is 1. The minimum Gasteiger partial charge on any atom is -0.379 e. The molecule has 0 aliphatic carbocycles. The Hall–Kier alpha value is -1.39. The zero-order valence-corrected chi connectivity index (χ0v) is 13.6. The predicted molar refractivity (Wildman–Crippen MR) is 85.3 cm³/mol. The van der Waals surface area contributed by atoms with Crippen LogP contribution in [-0.2, 0) is 4.79 Å². The van der Waals surface area contributed by atoms with Gasteiger partial charge in [0, 0.05) is 12.2 Å². The van der Waals surface area contributed by atoms with Crippen LogP contribution in [0.2, 0.25) is 0 Å². The lowest BCUT2D eigenvalue weighted by molar-refractivity contribution is -0.128. The van der Waals surface area contributed by atoms with Crippen LogP contribution < -0.4 is 4.90 Å². The average Bonchev–Trinajstić information content (AvgIpc) is 2.37. The van der Waals surface area contributed by atoms with Gasteiger partial charge in [-0.25, -0.2) is 0 Å². The standard InChI is InChI=1S/C17H26N2O2/c1-12(2)14-7-6-8-15(9-14)19-16(21)10-18(13(3)20)11-17(19,4)5/h6-9,12-13,20H,10-11H2,1-5H3. The Morgan fingerprint density at radius 1 is 1.24 bits per heavy atom. The molecule has 21 heavy (non-hydrogen) atoms. The van der Waals surface area contributed by atoms with E-state index in [1.54, 1.807) is 6.92 Å². The highest BCUT2D eigenvalue weighted by Gasteiger charge is 2.40. The maximum Gasteiger partial charge on any atom is 0.241 e. The van der Waals surface area contributed by atoms with Crippen molar-refractivity contribution in [2.24, 2.45) is 0 Å². The molecule has 1 aliphatic heterocycles. The molecule has 116 valence electrons. The normalized spacial score (nSPS) is 20.9. The van der Waals surface area contributed by atoms with Crippen LogP contribution in [0, 0.1) is 0 Å². The Labute approximate surface area is 127 Å². The summed E-state index contributed by atoms with van der Waals surface area (Å²) in [5.41, 5.74) is 1.83. The van der Waals surface area contributed by atoms with E-state index in [-0.39, 0.29) is 18.0 Å². The van der Waals surface area contributed by atoms with E-state index in [2.05, 4.69) is 26.0 Å². The van der Waals surface area contributed by atoms with Gasteiger partial charge in [0.25, 0.3) is 0 Å². The summed E-state index contributed by atoms with van der Waals surface area (Å²) in [7, 11) is 0. The molecule has 1 N–H and O–H groups in total. The molecule has 0 aromatic heterocycles. The SMILES string of the molecule is CC(C)c1cccc(N2C(=O)CN(C(C)O)CC2(C)C)c1. The molecular weight excluding hydrogens is 264 g/mol. The van der Waals surface area contributed by atoms with Gasteiger partial charge in [-0.05, 0) is 44.4 Å². The molecule has 0 saturated carbocycles. The minimum absolute atomic E-state index is 0.0352. The molecule has 1 aliphatic rings. The zero-order valence-electron chi connectivity index (χ0n) is 13.6. The van der Waals surface area contributed by atoms with Crippen LogP contribution in [0.15, 0.2) is 24.3 Å². The summed E-state index contributed by atoms with van der Waals surface area (Å²) < 4.78 is 0. The van der Waals surface area contributed by atoms with Crippen LogP contribution in [0.25, 0.3) is 0 Å². The third-order valence-electron chi connectivity index (χ3n) is 4.11. The molecule has 0 bridgehead atoms. The van der Waals surface area contributed by atoms with Crippen molar-refractivity contribution in [3.05, 3.63) is 29.8 Å². The van der Waals surface area contributed by atoms with E-state index >= 15 is 0 Å². The highest BCUT2D eigenvalue weighted by Crippen LogP contribution is 2.31. The van der Waals surface area contributed by atoms with Gasteiger partial charge in [0.1, 0.15) is 6.23 Å². The van der Waals surface area contributed by atoms with Gasteiger partial charge >= 0.3 is 0 Å². The first-order valence-electron chi connectivity index (χ1n) is 7.57. The first kappa shape index (κ1) is 16.0. The molecule has 1 heterocycles. The number of piperazine rings is 1. The molecule has 4 heteroatoms. The number of carbonyl (C=O) groups is 1. The van der Waals surface area contributed by atoms with E-state index in [0.29, 0.717) is 12.5 Å². The number of nitrogens with zero attached hydrogens (tertiary/aromatic N) is 2. The van der Waals surface area contributed by atoms with E-state index in [9.17, 15) is 9.90 Å². The van der Waals surface area contributed by atoms with E-state index in [4.69, 9.17) is 0 Å². The average molecular weight is 290 g/mol. The van der Waals surface area contributed by atoms with E-state index in [0.717, 1.165) is 5.69 Å². The third-order valence-corrected chi connectivity index (χ3v) is 4.11. The Morgan fingerprint density at radius 3 is 2.43 bits per heavy atom. The van der Waals surface area contributed by atoms with E-state index in [1.807, 2.05) is 35.8 Å². The van der Waals surface area contributed by atoms with Crippen LogP contribution in [0.4, 0.5) is 5.69 Å². The Balaban J connectivity index is 2.35. The fourth-order valence-electron chi connectivity index (χ4n) is 2.99. The first-order chi connectivity index (χ1) is 9.72. The van der Waals surface area contributed by atoms with Crippen molar-refractivity contribution in [3.8, 4) is 0 Å². The number of carbonyl (C=O) groups excluding carboxylic acids is 1. The predicted octanol–water partition coefficient (Wildman–Crippen LogP) is 2.58. The highest BCUT2D eigenvalue weighted by atomic mass is 16.3. The van der Waals surface area contributed by atoms with Crippen molar-refractivity contribution in [1.82, 2.24) is 4.90 Å². The summed E-state index contributed by atoms with van der Waals surface area (Å²) in [4.78, 5) is 16.3. The van der Waals surface area contributed by atoms with Crippen LogP contribution in [-0.4, -0.2) is 40.8 Å². The van der Waals surface area contributed by atoms with Crippen LogP contribution in [0.3, 0.4) is 0 Å². The first-order valence-corrected chi connectivity index (χ1v) is 7.57. The van der Waals surface area contributed by atoms with Gasteiger partial charge in [-0.2, -0.15) is 0 Å². The van der Waals surface area contributed by atoms with Gasteiger partial charge in [-0.15, -0.1) is 0 Å². The number of aliphatic hydroxyl groups is 1. The van der Waals surface area contributed by atoms with Gasteiger partial charge in [-0.1, -0.05) is 26.0 Å². The van der Waals surface area contributed by atoms with Crippen molar-refractivity contribution in [2.75, 3.05) is 18.0 Å². The van der Waals surface area contributed by atoms with Crippen molar-refractivity contribution in [2.45, 2.75) is 52.3 Å². The number of hydrogen-bond donors (Lipinski definition) is 1. The largest absolute Gasteiger partial charge is 0.379 e. The second-order valence-corrected chi connectivity index (χ2v) is 6.83. The summed E-state index contributed by atoms with van der Waals surface area (Å²) >= 11 is 0. The molecule has 1 aromatic carbocycles. The molecule has 1 aromatic rings. The Bertz CT molecular complexity index is 523. The topological polar surface area (TPSA) is 43.8 Å². The molecule has 1 amide bonds. The molecule has 0 spiro atoms. The number of aliphatic hydroxyl groups excluding tert-OH is 1. The minimum atomic E-state index is -0.600. The second kappa shape index (κ2) is 5.78. The highest BCUT2D eigenvalue weighted by molar-refractivity contribution is 5.97. The Kier molecular flexibility index (Phi) is 4.40. The molecule has 1 saturated heterocycles. The monoisotopic (exact) mass is 290 g/mol. The molecule has 1 unspecified atom stereocenters. The van der Waals surface area contributed by atoms with Crippen molar-refractivity contribution >= 4 is 11.6 Å². The smallest absolute Gasteiger partial charge is 0.241 e. The lowest BCUT2D eigenvalue weighted by Gasteiger charge is -2.47. The van der Waals surface area contributed by atoms with Crippen LogP contribution in [0.5, 0.6) is 0 Å². The molecule has 4 nitrogen and oxygen atoms in total. The summed E-state index contributed by atoms with van der Waals surface area (Å²) in [6, 6.07) is 8.19. The zero-order chi connectivity index (χ0) is 15.8. The second-order valence-electron chi connectivity index (χ2n) is 6.83. The summed E-state index contributed by atoms with van der Waals surface area (Å²) in [6.45, 7) is 11.0. The van der Waals surface area contributed by atoms with Gasteiger partial charge in [-0.3, -0.25) is 9.69 Å². The lowest BCUT2D eigenvalue weighted by atomic mass is 9.95. The van der Waals surface area contributed by atoms with Crippen molar-refractivity contribution < 1.29 is 9.90 Å². The Morgan fingerprint density at radius 2 is 1.90 bits per heavy atom. The van der Waals surface area contributed by atoms with Gasteiger partial charge < -0.3 is 10.0 Å². The maximum absolute atomic E-state index is 12.6. The number of hydrogen-bond acceptors (Lipinski definition) is 3. The molecule has 0 radical (unpaired) electrons. The third kappa shape index (κ3) is 3.27. The molecular formula is C17H26N2O2.